The van der Waals surface area contributed by atoms with Crippen LogP contribution < -0.4 is 16.4 Å². The van der Waals surface area contributed by atoms with E-state index in [1.807, 2.05) is 9.97 Å². The van der Waals surface area contributed by atoms with Gasteiger partial charge in [-0.3, -0.25) is 14.8 Å². The van der Waals surface area contributed by atoms with E-state index in [0.717, 1.165) is 12.1 Å². The zero-order valence-corrected chi connectivity index (χ0v) is 10.2. The molecule has 0 atom stereocenters. The van der Waals surface area contributed by atoms with Crippen LogP contribution in [0.2, 0.25) is 0 Å². The van der Waals surface area contributed by atoms with Crippen LogP contribution >= 0.6 is 0 Å². The highest BCUT2D eigenvalue weighted by atomic mass is 16.4. The van der Waals surface area contributed by atoms with Crippen molar-refractivity contribution in [1.82, 2.24) is 9.97 Å². The topological polar surface area (TPSA) is 171 Å². The second-order valence-corrected chi connectivity index (χ2v) is 3.79. The molecule has 1 aromatic heterocycles. The minimum Gasteiger partial charge on any atom is -0.872 e. The van der Waals surface area contributed by atoms with Gasteiger partial charge >= 0.3 is 11.7 Å². The Balaban J connectivity index is 2.43. The van der Waals surface area contributed by atoms with Gasteiger partial charge in [-0.15, -0.1) is 5.11 Å². The molecule has 0 unspecified atom stereocenters. The fourth-order valence-electron chi connectivity index (χ4n) is 1.42. The predicted octanol–water partition coefficient (Wildman–Crippen LogP) is -0.0440. The third kappa shape index (κ3) is 2.94. The number of aromatic amines is 2. The number of hydrogen-bond donors (Lipinski definition) is 4. The lowest BCUT2D eigenvalue weighted by Crippen LogP contribution is -2.20. The van der Waals surface area contributed by atoms with Gasteiger partial charge in [0.15, 0.2) is 0 Å². The molecule has 0 spiro atoms. The van der Waals surface area contributed by atoms with Crippen molar-refractivity contribution in [3.8, 4) is 11.6 Å². The van der Waals surface area contributed by atoms with Crippen molar-refractivity contribution in [1.29, 1.82) is 0 Å². The number of aromatic nitrogens is 2. The molecule has 0 radical (unpaired) electrons. The number of carboxylic acids is 1. The van der Waals surface area contributed by atoms with Crippen molar-refractivity contribution in [2.75, 3.05) is 0 Å². The SMILES string of the molecule is O=C(O)c1cc(N=Nc2c(O)[nH]c(=O)[nH]c2=O)ccc1[O-]. The number of benzene rings is 1. The number of carboxylic acid groups (broad SMARTS) is 1. The fourth-order valence-corrected chi connectivity index (χ4v) is 1.42. The molecule has 2 aromatic rings. The van der Waals surface area contributed by atoms with Crippen LogP contribution in [0.5, 0.6) is 11.6 Å². The van der Waals surface area contributed by atoms with Gasteiger partial charge in [0.05, 0.1) is 11.3 Å². The molecule has 0 saturated carbocycles. The predicted molar refractivity (Wildman–Crippen MR) is 66.4 cm³/mol. The number of nitrogens with zero attached hydrogens (tertiary/aromatic N) is 2. The molecule has 0 saturated heterocycles. The molecular weight excluding hydrogens is 284 g/mol. The van der Waals surface area contributed by atoms with Gasteiger partial charge in [-0.2, -0.15) is 5.11 Å². The normalized spacial score (nSPS) is 10.9. The number of aromatic carboxylic acids is 1. The highest BCUT2D eigenvalue weighted by molar-refractivity contribution is 5.91. The minimum absolute atomic E-state index is 0.0167. The highest BCUT2D eigenvalue weighted by Gasteiger charge is 2.08. The molecule has 10 heteroatoms. The van der Waals surface area contributed by atoms with Gasteiger partial charge in [-0.1, -0.05) is 11.8 Å². The van der Waals surface area contributed by atoms with E-state index in [9.17, 15) is 24.6 Å². The molecule has 1 heterocycles. The van der Waals surface area contributed by atoms with Crippen molar-refractivity contribution in [2.24, 2.45) is 10.2 Å². The Morgan fingerprint density at radius 3 is 2.52 bits per heavy atom. The van der Waals surface area contributed by atoms with Crippen LogP contribution in [0.3, 0.4) is 0 Å². The molecule has 1 aromatic carbocycles. The van der Waals surface area contributed by atoms with Crippen LogP contribution in [0.25, 0.3) is 0 Å². The van der Waals surface area contributed by atoms with Crippen molar-refractivity contribution in [2.45, 2.75) is 0 Å². The Labute approximate surface area is 115 Å². The summed E-state index contributed by atoms with van der Waals surface area (Å²) >= 11 is 0. The van der Waals surface area contributed by atoms with E-state index >= 15 is 0 Å². The molecule has 2 rings (SSSR count). The maximum Gasteiger partial charge on any atom is 0.335 e. The van der Waals surface area contributed by atoms with Gasteiger partial charge in [0.1, 0.15) is 0 Å². The standard InChI is InChI=1S/C11H8N4O6/c16-6-2-1-4(3-5(6)10(19)20)14-15-7-8(17)12-11(21)13-9(7)18/h1-3,16H,(H,19,20)(H3,12,13,17,18,21)/p-1. The average Bonchev–Trinajstić information content (AvgIpc) is 2.38. The molecule has 21 heavy (non-hydrogen) atoms. The first-order chi connectivity index (χ1) is 9.88. The lowest BCUT2D eigenvalue weighted by Gasteiger charge is -2.09. The minimum atomic E-state index is -1.43. The van der Waals surface area contributed by atoms with E-state index in [0.29, 0.717) is 0 Å². The van der Waals surface area contributed by atoms with Crippen LogP contribution in [0.1, 0.15) is 10.4 Å². The number of rotatable bonds is 3. The van der Waals surface area contributed by atoms with Gasteiger partial charge in [0.25, 0.3) is 5.56 Å². The highest BCUT2D eigenvalue weighted by Crippen LogP contribution is 2.24. The first-order valence-corrected chi connectivity index (χ1v) is 5.40. The quantitative estimate of drug-likeness (QED) is 0.577. The Morgan fingerprint density at radius 2 is 1.90 bits per heavy atom. The summed E-state index contributed by atoms with van der Waals surface area (Å²) in [7, 11) is 0. The Bertz CT molecular complexity index is 851. The number of aromatic hydroxyl groups is 1. The molecule has 0 amide bonds. The number of carbonyl (C=O) groups is 1. The van der Waals surface area contributed by atoms with Crippen molar-refractivity contribution >= 4 is 17.3 Å². The smallest absolute Gasteiger partial charge is 0.335 e. The summed E-state index contributed by atoms with van der Waals surface area (Å²) in [5, 5.41) is 36.3. The van der Waals surface area contributed by atoms with Crippen LogP contribution in [0.15, 0.2) is 38.0 Å². The first-order valence-electron chi connectivity index (χ1n) is 5.40. The summed E-state index contributed by atoms with van der Waals surface area (Å²) in [5.74, 6) is -2.92. The Hall–Kier alpha value is -3.43. The maximum atomic E-state index is 11.4. The molecular formula is C11H7N4O6-. The molecule has 0 fully saturated rings. The molecule has 10 nitrogen and oxygen atoms in total. The van der Waals surface area contributed by atoms with E-state index in [-0.39, 0.29) is 5.69 Å². The lowest BCUT2D eigenvalue weighted by atomic mass is 10.2. The van der Waals surface area contributed by atoms with Crippen molar-refractivity contribution in [3.05, 3.63) is 44.6 Å². The monoisotopic (exact) mass is 291 g/mol. The summed E-state index contributed by atoms with van der Waals surface area (Å²) in [6.45, 7) is 0. The number of H-pyrrole nitrogens is 2. The zero-order valence-electron chi connectivity index (χ0n) is 10.2. The third-order valence-corrected chi connectivity index (χ3v) is 2.36. The summed E-state index contributed by atoms with van der Waals surface area (Å²) in [6.07, 6.45) is 0. The van der Waals surface area contributed by atoms with E-state index in [4.69, 9.17) is 5.11 Å². The average molecular weight is 291 g/mol. The van der Waals surface area contributed by atoms with Gasteiger partial charge in [0.2, 0.25) is 11.6 Å². The lowest BCUT2D eigenvalue weighted by molar-refractivity contribution is -0.268. The Morgan fingerprint density at radius 1 is 1.19 bits per heavy atom. The van der Waals surface area contributed by atoms with Crippen molar-refractivity contribution < 1.29 is 20.1 Å². The Kier molecular flexibility index (Phi) is 3.52. The summed E-state index contributed by atoms with van der Waals surface area (Å²) in [5.41, 5.74) is -2.97. The fraction of sp³-hybridized carbons (Fsp3) is 0. The van der Waals surface area contributed by atoms with Gasteiger partial charge < -0.3 is 15.3 Å². The van der Waals surface area contributed by atoms with Gasteiger partial charge in [-0.05, 0) is 12.1 Å². The van der Waals surface area contributed by atoms with E-state index in [1.165, 1.54) is 6.07 Å². The van der Waals surface area contributed by atoms with Crippen LogP contribution in [-0.2, 0) is 0 Å². The maximum absolute atomic E-state index is 11.4. The van der Waals surface area contributed by atoms with Crippen molar-refractivity contribution in [3.63, 3.8) is 0 Å². The number of hydrogen-bond acceptors (Lipinski definition) is 7. The second kappa shape index (κ2) is 5.28. The second-order valence-electron chi connectivity index (χ2n) is 3.79. The molecule has 4 N–H and O–H groups in total. The van der Waals surface area contributed by atoms with Crippen LogP contribution in [0.4, 0.5) is 11.4 Å². The third-order valence-electron chi connectivity index (χ3n) is 2.36. The van der Waals surface area contributed by atoms with Gasteiger partial charge in [-0.25, -0.2) is 9.59 Å². The van der Waals surface area contributed by atoms with E-state index in [1.54, 1.807) is 0 Å². The molecule has 0 aliphatic carbocycles. The van der Waals surface area contributed by atoms with E-state index in [2.05, 4.69) is 10.2 Å². The summed E-state index contributed by atoms with van der Waals surface area (Å²) in [4.78, 5) is 36.7. The molecule has 0 aliphatic heterocycles. The van der Waals surface area contributed by atoms with Gasteiger partial charge in [0, 0.05) is 0 Å². The summed E-state index contributed by atoms with van der Waals surface area (Å²) in [6, 6.07) is 3.13. The van der Waals surface area contributed by atoms with Crippen LogP contribution in [-0.4, -0.2) is 26.2 Å². The molecule has 0 aliphatic rings. The molecule has 0 bridgehead atoms. The van der Waals surface area contributed by atoms with E-state index < -0.39 is 40.1 Å². The zero-order chi connectivity index (χ0) is 15.6. The largest absolute Gasteiger partial charge is 0.872 e. The number of nitrogens with one attached hydrogen (secondary N) is 2. The first kappa shape index (κ1) is 14.0. The summed E-state index contributed by atoms with van der Waals surface area (Å²) < 4.78 is 0. The molecule has 108 valence electrons. The number of azo groups is 1. The van der Waals surface area contributed by atoms with Crippen LogP contribution in [0, 0.1) is 0 Å².